The van der Waals surface area contributed by atoms with Crippen LogP contribution in [0.15, 0.2) is 48.5 Å². The Morgan fingerprint density at radius 1 is 0.857 bits per heavy atom. The Kier molecular flexibility index (Phi) is 4.73. The Balaban J connectivity index is 2.03. The van der Waals surface area contributed by atoms with Gasteiger partial charge in [0.05, 0.1) is 12.2 Å². The van der Waals surface area contributed by atoms with Gasteiger partial charge in [0.1, 0.15) is 6.61 Å². The van der Waals surface area contributed by atoms with E-state index in [-0.39, 0.29) is 6.61 Å². The third-order valence-corrected chi connectivity index (χ3v) is 2.82. The number of para-hydroxylation sites is 2. The second-order valence-corrected chi connectivity index (χ2v) is 4.36. The third-order valence-electron chi connectivity index (χ3n) is 2.82. The normalized spacial score (nSPS) is 11.2. The summed E-state index contributed by atoms with van der Waals surface area (Å²) in [5.74, 6) is 1.19. The van der Waals surface area contributed by atoms with E-state index in [0.29, 0.717) is 23.7 Å². The standard InChI is InChI=1S/C16H15F3O2/c1-2-20-14-5-3-4-6-15(14)21-11-12-7-9-13(10-8-12)16(17,18)19/h3-10H,2,11H2,1H3. The minimum Gasteiger partial charge on any atom is -0.490 e. The van der Waals surface area contributed by atoms with E-state index in [1.165, 1.54) is 12.1 Å². The van der Waals surface area contributed by atoms with E-state index in [1.807, 2.05) is 19.1 Å². The number of benzene rings is 2. The SMILES string of the molecule is CCOc1ccccc1OCc1ccc(C(F)(F)F)cc1. The molecule has 0 saturated carbocycles. The van der Waals surface area contributed by atoms with Crippen molar-refractivity contribution in [2.24, 2.45) is 0 Å². The Hall–Kier alpha value is -2.17. The second kappa shape index (κ2) is 6.52. The van der Waals surface area contributed by atoms with Crippen molar-refractivity contribution < 1.29 is 22.6 Å². The van der Waals surface area contributed by atoms with Gasteiger partial charge in [-0.1, -0.05) is 24.3 Å². The van der Waals surface area contributed by atoms with Gasteiger partial charge in [-0.2, -0.15) is 13.2 Å². The zero-order valence-corrected chi connectivity index (χ0v) is 11.5. The van der Waals surface area contributed by atoms with Gasteiger partial charge in [-0.15, -0.1) is 0 Å². The van der Waals surface area contributed by atoms with Crippen molar-refractivity contribution in [1.29, 1.82) is 0 Å². The number of ether oxygens (including phenoxy) is 2. The molecule has 2 aromatic carbocycles. The first-order valence-electron chi connectivity index (χ1n) is 6.51. The maximum absolute atomic E-state index is 12.5. The quantitative estimate of drug-likeness (QED) is 0.797. The topological polar surface area (TPSA) is 18.5 Å². The Labute approximate surface area is 121 Å². The lowest BCUT2D eigenvalue weighted by Crippen LogP contribution is -2.05. The fraction of sp³-hybridized carbons (Fsp3) is 0.250. The highest BCUT2D eigenvalue weighted by molar-refractivity contribution is 5.39. The maximum atomic E-state index is 12.5. The highest BCUT2D eigenvalue weighted by Crippen LogP contribution is 2.30. The van der Waals surface area contributed by atoms with Crippen LogP contribution in [0.25, 0.3) is 0 Å². The van der Waals surface area contributed by atoms with Crippen LogP contribution in [-0.2, 0) is 12.8 Å². The van der Waals surface area contributed by atoms with Crippen molar-refractivity contribution >= 4 is 0 Å². The molecule has 0 aromatic heterocycles. The van der Waals surface area contributed by atoms with Crippen LogP contribution in [0.4, 0.5) is 13.2 Å². The molecule has 0 heterocycles. The smallest absolute Gasteiger partial charge is 0.416 e. The molecular weight excluding hydrogens is 281 g/mol. The molecular formula is C16H15F3O2. The van der Waals surface area contributed by atoms with E-state index in [0.717, 1.165) is 12.1 Å². The van der Waals surface area contributed by atoms with Gasteiger partial charge in [-0.25, -0.2) is 0 Å². The zero-order valence-electron chi connectivity index (χ0n) is 11.5. The van der Waals surface area contributed by atoms with Crippen LogP contribution in [0.2, 0.25) is 0 Å². The van der Waals surface area contributed by atoms with Gasteiger partial charge in [0.25, 0.3) is 0 Å². The van der Waals surface area contributed by atoms with Crippen molar-refractivity contribution in [3.63, 3.8) is 0 Å². The van der Waals surface area contributed by atoms with E-state index in [1.54, 1.807) is 12.1 Å². The monoisotopic (exact) mass is 296 g/mol. The van der Waals surface area contributed by atoms with Gasteiger partial charge >= 0.3 is 6.18 Å². The second-order valence-electron chi connectivity index (χ2n) is 4.36. The van der Waals surface area contributed by atoms with Gasteiger partial charge in [-0.3, -0.25) is 0 Å². The molecule has 112 valence electrons. The number of halogens is 3. The summed E-state index contributed by atoms with van der Waals surface area (Å²) in [5, 5.41) is 0. The average molecular weight is 296 g/mol. The first kappa shape index (κ1) is 15.2. The van der Waals surface area contributed by atoms with Crippen molar-refractivity contribution in [1.82, 2.24) is 0 Å². The van der Waals surface area contributed by atoms with Crippen molar-refractivity contribution in [2.75, 3.05) is 6.61 Å². The fourth-order valence-electron chi connectivity index (χ4n) is 1.80. The zero-order chi connectivity index (χ0) is 15.3. The fourth-order valence-corrected chi connectivity index (χ4v) is 1.80. The maximum Gasteiger partial charge on any atom is 0.416 e. The predicted molar refractivity (Wildman–Crippen MR) is 73.4 cm³/mol. The van der Waals surface area contributed by atoms with Crippen LogP contribution in [0.1, 0.15) is 18.1 Å². The number of hydrogen-bond donors (Lipinski definition) is 0. The van der Waals surface area contributed by atoms with Crippen molar-refractivity contribution in [3.05, 3.63) is 59.7 Å². The summed E-state index contributed by atoms with van der Waals surface area (Å²) in [6.45, 7) is 2.56. The highest BCUT2D eigenvalue weighted by Gasteiger charge is 2.29. The summed E-state index contributed by atoms with van der Waals surface area (Å²) in [4.78, 5) is 0. The molecule has 0 bridgehead atoms. The molecule has 0 saturated heterocycles. The molecule has 0 radical (unpaired) electrons. The molecule has 2 rings (SSSR count). The number of alkyl halides is 3. The van der Waals surface area contributed by atoms with Crippen LogP contribution in [0, 0.1) is 0 Å². The van der Waals surface area contributed by atoms with Crippen LogP contribution in [0.3, 0.4) is 0 Å². The molecule has 2 aromatic rings. The van der Waals surface area contributed by atoms with Crippen molar-refractivity contribution in [3.8, 4) is 11.5 Å². The molecule has 21 heavy (non-hydrogen) atoms. The number of hydrogen-bond acceptors (Lipinski definition) is 2. The molecule has 0 atom stereocenters. The average Bonchev–Trinajstić information content (AvgIpc) is 2.46. The highest BCUT2D eigenvalue weighted by atomic mass is 19.4. The third kappa shape index (κ3) is 4.15. The molecule has 0 aliphatic carbocycles. The first-order chi connectivity index (χ1) is 10.0. The van der Waals surface area contributed by atoms with Crippen LogP contribution >= 0.6 is 0 Å². The molecule has 0 aliphatic rings. The summed E-state index contributed by atoms with van der Waals surface area (Å²) in [6, 6.07) is 12.1. The van der Waals surface area contributed by atoms with E-state index in [2.05, 4.69) is 0 Å². The molecule has 5 heteroatoms. The Morgan fingerprint density at radius 3 is 1.95 bits per heavy atom. The van der Waals surface area contributed by atoms with Crippen molar-refractivity contribution in [2.45, 2.75) is 19.7 Å². The van der Waals surface area contributed by atoms with E-state index < -0.39 is 11.7 Å². The lowest BCUT2D eigenvalue weighted by atomic mass is 10.1. The minimum absolute atomic E-state index is 0.183. The number of rotatable bonds is 5. The molecule has 0 aliphatic heterocycles. The molecule has 0 spiro atoms. The van der Waals surface area contributed by atoms with Gasteiger partial charge in [0, 0.05) is 0 Å². The summed E-state index contributed by atoms with van der Waals surface area (Å²) >= 11 is 0. The lowest BCUT2D eigenvalue weighted by Gasteiger charge is -2.12. The largest absolute Gasteiger partial charge is 0.490 e. The molecule has 0 amide bonds. The summed E-state index contributed by atoms with van der Waals surface area (Å²) in [7, 11) is 0. The van der Waals surface area contributed by atoms with E-state index in [9.17, 15) is 13.2 Å². The molecule has 0 N–H and O–H groups in total. The van der Waals surface area contributed by atoms with Crippen LogP contribution in [0.5, 0.6) is 11.5 Å². The summed E-state index contributed by atoms with van der Waals surface area (Å²) in [6.07, 6.45) is -4.32. The van der Waals surface area contributed by atoms with Crippen LogP contribution < -0.4 is 9.47 Å². The Morgan fingerprint density at radius 2 is 1.43 bits per heavy atom. The van der Waals surface area contributed by atoms with Crippen LogP contribution in [-0.4, -0.2) is 6.61 Å². The van der Waals surface area contributed by atoms with Gasteiger partial charge in [-0.05, 0) is 36.8 Å². The molecule has 0 unspecified atom stereocenters. The summed E-state index contributed by atoms with van der Waals surface area (Å²) in [5.41, 5.74) is -0.00438. The minimum atomic E-state index is -4.32. The molecule has 2 nitrogen and oxygen atoms in total. The Bertz CT molecular complexity index is 577. The van der Waals surface area contributed by atoms with Gasteiger partial charge in [0.15, 0.2) is 11.5 Å². The van der Waals surface area contributed by atoms with E-state index >= 15 is 0 Å². The van der Waals surface area contributed by atoms with E-state index in [4.69, 9.17) is 9.47 Å². The first-order valence-corrected chi connectivity index (χ1v) is 6.51. The summed E-state index contributed by atoms with van der Waals surface area (Å²) < 4.78 is 48.4. The lowest BCUT2D eigenvalue weighted by molar-refractivity contribution is -0.137. The van der Waals surface area contributed by atoms with Gasteiger partial charge < -0.3 is 9.47 Å². The predicted octanol–water partition coefficient (Wildman–Crippen LogP) is 4.68. The van der Waals surface area contributed by atoms with Gasteiger partial charge in [0.2, 0.25) is 0 Å². The molecule has 0 fully saturated rings.